The van der Waals surface area contributed by atoms with Crippen LogP contribution in [0.5, 0.6) is 28.7 Å². The van der Waals surface area contributed by atoms with Gasteiger partial charge >= 0.3 is 5.97 Å². The zero-order valence-electron chi connectivity index (χ0n) is 18.7. The van der Waals surface area contributed by atoms with Crippen molar-refractivity contribution in [2.45, 2.75) is 0 Å². The highest BCUT2D eigenvalue weighted by Crippen LogP contribution is 2.38. The number of allylic oxidation sites excluding steroid dienone is 1. The fourth-order valence-electron chi connectivity index (χ4n) is 3.24. The number of nitriles is 1. The topological polar surface area (TPSA) is 87.0 Å². The molecule has 3 aromatic carbocycles. The molecule has 0 aliphatic heterocycles. The van der Waals surface area contributed by atoms with Crippen LogP contribution in [0.25, 0.3) is 11.6 Å². The number of nitrogens with zero attached hydrogens (tertiary/aromatic N) is 1. The van der Waals surface area contributed by atoms with Gasteiger partial charge in [-0.05, 0) is 48.0 Å². The number of ether oxygens (including phenoxy) is 5. The van der Waals surface area contributed by atoms with Crippen LogP contribution in [0.2, 0.25) is 0 Å². The van der Waals surface area contributed by atoms with Gasteiger partial charge in [0.15, 0.2) is 11.5 Å². The average Bonchev–Trinajstić information content (AvgIpc) is 2.86. The number of benzene rings is 3. The van der Waals surface area contributed by atoms with E-state index in [9.17, 15) is 10.1 Å². The van der Waals surface area contributed by atoms with E-state index in [1.165, 1.54) is 33.5 Å². The second kappa shape index (κ2) is 10.7. The number of methoxy groups -OCH3 is 4. The van der Waals surface area contributed by atoms with Crippen molar-refractivity contribution in [3.8, 4) is 34.8 Å². The van der Waals surface area contributed by atoms with Crippen LogP contribution in [0.4, 0.5) is 0 Å². The average molecular weight is 445 g/mol. The third-order valence-electron chi connectivity index (χ3n) is 4.80. The summed E-state index contributed by atoms with van der Waals surface area (Å²) in [6.45, 7) is 0. The minimum Gasteiger partial charge on any atom is -0.496 e. The fourth-order valence-corrected chi connectivity index (χ4v) is 3.24. The summed E-state index contributed by atoms with van der Waals surface area (Å²) in [7, 11) is 5.97. The Kier molecular flexibility index (Phi) is 7.55. The van der Waals surface area contributed by atoms with Gasteiger partial charge in [-0.25, -0.2) is 4.79 Å². The standard InChI is InChI=1S/C26H23NO6/c1-29-22-11-6-5-10-21(22)19(16-27)12-17-8-7-9-20(13-17)33-26(28)18-14-23(30-2)25(32-4)24(15-18)31-3/h5-15H,1-4H3/b19-12-. The molecule has 33 heavy (non-hydrogen) atoms. The van der Waals surface area contributed by atoms with E-state index in [-0.39, 0.29) is 5.56 Å². The van der Waals surface area contributed by atoms with Crippen molar-refractivity contribution in [2.24, 2.45) is 0 Å². The largest absolute Gasteiger partial charge is 0.496 e. The molecule has 3 aromatic rings. The smallest absolute Gasteiger partial charge is 0.343 e. The Bertz CT molecular complexity index is 1200. The summed E-state index contributed by atoms with van der Waals surface area (Å²) in [6.07, 6.45) is 1.70. The molecule has 0 N–H and O–H groups in total. The molecule has 168 valence electrons. The molecule has 7 nitrogen and oxygen atoms in total. The normalized spacial score (nSPS) is 10.7. The minimum absolute atomic E-state index is 0.234. The summed E-state index contributed by atoms with van der Waals surface area (Å²) in [4.78, 5) is 12.8. The lowest BCUT2D eigenvalue weighted by molar-refractivity contribution is 0.0734. The summed E-state index contributed by atoms with van der Waals surface area (Å²) in [5.41, 5.74) is 2.01. The predicted octanol–water partition coefficient (Wildman–Crippen LogP) is 5.00. The Labute approximate surface area is 192 Å². The molecule has 7 heteroatoms. The molecular formula is C26H23NO6. The quantitative estimate of drug-likeness (QED) is 0.209. The van der Waals surface area contributed by atoms with E-state index < -0.39 is 5.97 Å². The number of hydrogen-bond acceptors (Lipinski definition) is 7. The van der Waals surface area contributed by atoms with Crippen LogP contribution in [-0.4, -0.2) is 34.4 Å². The van der Waals surface area contributed by atoms with Gasteiger partial charge in [-0.15, -0.1) is 0 Å². The number of esters is 1. The van der Waals surface area contributed by atoms with E-state index in [1.807, 2.05) is 24.3 Å². The van der Waals surface area contributed by atoms with Gasteiger partial charge in [0.2, 0.25) is 5.75 Å². The van der Waals surface area contributed by atoms with Gasteiger partial charge < -0.3 is 23.7 Å². The molecule has 0 saturated heterocycles. The Balaban J connectivity index is 1.90. The van der Waals surface area contributed by atoms with Crippen molar-refractivity contribution < 1.29 is 28.5 Å². The van der Waals surface area contributed by atoms with Crippen LogP contribution in [0, 0.1) is 11.3 Å². The van der Waals surface area contributed by atoms with Crippen molar-refractivity contribution in [3.05, 3.63) is 77.4 Å². The zero-order chi connectivity index (χ0) is 23.8. The van der Waals surface area contributed by atoms with Gasteiger partial charge in [0, 0.05) is 5.56 Å². The second-order valence-corrected chi connectivity index (χ2v) is 6.75. The monoisotopic (exact) mass is 445 g/mol. The summed E-state index contributed by atoms with van der Waals surface area (Å²) < 4.78 is 26.8. The van der Waals surface area contributed by atoms with Crippen molar-refractivity contribution in [2.75, 3.05) is 28.4 Å². The van der Waals surface area contributed by atoms with Crippen LogP contribution in [0.15, 0.2) is 60.7 Å². The molecule has 0 bridgehead atoms. The summed E-state index contributed by atoms with van der Waals surface area (Å²) in [5.74, 6) is 1.38. The minimum atomic E-state index is -0.597. The highest BCUT2D eigenvalue weighted by atomic mass is 16.5. The fraction of sp³-hybridized carbons (Fsp3) is 0.154. The molecule has 0 spiro atoms. The van der Waals surface area contributed by atoms with Crippen LogP contribution >= 0.6 is 0 Å². The molecule has 0 atom stereocenters. The summed E-state index contributed by atoms with van der Waals surface area (Å²) in [6, 6.07) is 19.4. The van der Waals surface area contributed by atoms with Crippen LogP contribution in [0.3, 0.4) is 0 Å². The molecule has 0 radical (unpaired) electrons. The van der Waals surface area contributed by atoms with E-state index in [4.69, 9.17) is 23.7 Å². The van der Waals surface area contributed by atoms with E-state index in [0.717, 1.165) is 0 Å². The maximum absolute atomic E-state index is 12.8. The third kappa shape index (κ3) is 5.25. The number of hydrogen-bond donors (Lipinski definition) is 0. The molecule has 0 heterocycles. The van der Waals surface area contributed by atoms with Gasteiger partial charge in [0.05, 0.1) is 45.6 Å². The molecule has 0 saturated carbocycles. The maximum atomic E-state index is 12.8. The van der Waals surface area contributed by atoms with Crippen molar-refractivity contribution in [1.29, 1.82) is 5.26 Å². The first-order valence-corrected chi connectivity index (χ1v) is 9.92. The van der Waals surface area contributed by atoms with Crippen molar-refractivity contribution in [1.82, 2.24) is 0 Å². The van der Waals surface area contributed by atoms with E-state index in [1.54, 1.807) is 37.5 Å². The summed E-state index contributed by atoms with van der Waals surface area (Å²) in [5, 5.41) is 9.67. The van der Waals surface area contributed by atoms with E-state index >= 15 is 0 Å². The van der Waals surface area contributed by atoms with Gasteiger partial charge in [-0.2, -0.15) is 5.26 Å². The van der Waals surface area contributed by atoms with E-state index in [2.05, 4.69) is 6.07 Å². The molecule has 0 unspecified atom stereocenters. The molecule has 0 fully saturated rings. The van der Waals surface area contributed by atoms with Crippen LogP contribution in [-0.2, 0) is 0 Å². The first kappa shape index (κ1) is 23.2. The number of rotatable bonds is 8. The van der Waals surface area contributed by atoms with E-state index in [0.29, 0.717) is 45.4 Å². The SMILES string of the molecule is COc1ccccc1/C(C#N)=C\c1cccc(OC(=O)c2cc(OC)c(OC)c(OC)c2)c1. The van der Waals surface area contributed by atoms with Gasteiger partial charge in [0.25, 0.3) is 0 Å². The maximum Gasteiger partial charge on any atom is 0.343 e. The number of carbonyl (C=O) groups is 1. The number of para-hydroxylation sites is 1. The molecule has 0 amide bonds. The highest BCUT2D eigenvalue weighted by molar-refractivity contribution is 5.94. The first-order chi connectivity index (χ1) is 16.0. The lowest BCUT2D eigenvalue weighted by Crippen LogP contribution is -2.09. The van der Waals surface area contributed by atoms with Crippen LogP contribution < -0.4 is 23.7 Å². The molecule has 0 aliphatic rings. The Hall–Kier alpha value is -4.44. The Morgan fingerprint density at radius 1 is 0.818 bits per heavy atom. The molecule has 0 aliphatic carbocycles. The molecule has 3 rings (SSSR count). The van der Waals surface area contributed by atoms with Gasteiger partial charge in [-0.1, -0.05) is 24.3 Å². The highest BCUT2D eigenvalue weighted by Gasteiger charge is 2.18. The number of carbonyl (C=O) groups excluding carboxylic acids is 1. The molecular weight excluding hydrogens is 422 g/mol. The van der Waals surface area contributed by atoms with Crippen molar-refractivity contribution in [3.63, 3.8) is 0 Å². The lowest BCUT2D eigenvalue weighted by atomic mass is 10.0. The Morgan fingerprint density at radius 3 is 2.09 bits per heavy atom. The first-order valence-electron chi connectivity index (χ1n) is 9.92. The third-order valence-corrected chi connectivity index (χ3v) is 4.80. The van der Waals surface area contributed by atoms with Gasteiger partial charge in [0.1, 0.15) is 11.5 Å². The second-order valence-electron chi connectivity index (χ2n) is 6.75. The predicted molar refractivity (Wildman–Crippen MR) is 124 cm³/mol. The van der Waals surface area contributed by atoms with Crippen LogP contribution in [0.1, 0.15) is 21.5 Å². The zero-order valence-corrected chi connectivity index (χ0v) is 18.7. The summed E-state index contributed by atoms with van der Waals surface area (Å²) >= 11 is 0. The van der Waals surface area contributed by atoms with Gasteiger partial charge in [-0.3, -0.25) is 0 Å². The Morgan fingerprint density at radius 2 is 1.48 bits per heavy atom. The lowest BCUT2D eigenvalue weighted by Gasteiger charge is -2.13. The van der Waals surface area contributed by atoms with Crippen molar-refractivity contribution >= 4 is 17.6 Å². The molecule has 0 aromatic heterocycles.